The topological polar surface area (TPSA) is 115 Å². The number of fused-ring (bicyclic) bond motifs is 16. The van der Waals surface area contributed by atoms with Gasteiger partial charge in [0, 0.05) is 88.6 Å². The summed E-state index contributed by atoms with van der Waals surface area (Å²) in [6.07, 6.45) is 21.5. The van der Waals surface area contributed by atoms with Gasteiger partial charge in [0.2, 0.25) is 0 Å². The fourth-order valence-electron chi connectivity index (χ4n) is 12.4. The minimum Gasteiger partial charge on any atom is -0.354 e. The molecule has 0 radical (unpaired) electrons. The molecule has 16 bridgehead atoms. The summed E-state index contributed by atoms with van der Waals surface area (Å²) in [5.41, 5.74) is 28.2. The van der Waals surface area contributed by atoms with Crippen LogP contribution in [0.15, 0.2) is 231 Å². The molecule has 4 aliphatic rings. The number of aromatic nitrogens is 8. The van der Waals surface area contributed by atoms with Gasteiger partial charge in [-0.05, 0) is 143 Å². The van der Waals surface area contributed by atoms with Gasteiger partial charge in [-0.2, -0.15) is 0 Å². The molecule has 6 aromatic heterocycles. The third-order valence-electron chi connectivity index (χ3n) is 16.4. The molecule has 0 spiro atoms. The van der Waals surface area contributed by atoms with Gasteiger partial charge < -0.3 is 19.9 Å². The maximum atomic E-state index is 5.61. The van der Waals surface area contributed by atoms with Crippen LogP contribution in [0.25, 0.3) is 172 Å². The Bertz CT molecular complexity index is 4780. The molecule has 0 amide bonds. The summed E-state index contributed by atoms with van der Waals surface area (Å²) in [7, 11) is 0. The summed E-state index contributed by atoms with van der Waals surface area (Å²) in [5, 5.41) is 0. The van der Waals surface area contributed by atoms with Gasteiger partial charge in [0.15, 0.2) is 0 Å². The van der Waals surface area contributed by atoms with Gasteiger partial charge in [0.05, 0.1) is 45.6 Å². The van der Waals surface area contributed by atoms with Crippen LogP contribution in [0.3, 0.4) is 0 Å². The van der Waals surface area contributed by atoms with Gasteiger partial charge in [0.25, 0.3) is 0 Å². The maximum absolute atomic E-state index is 5.61. The van der Waals surface area contributed by atoms with Crippen LogP contribution in [-0.4, -0.2) is 39.9 Å². The average Bonchev–Trinajstić information content (AvgIpc) is 2.67. The molecular weight excluding hydrogens is 1050 g/mol. The number of aromatic amines is 4. The van der Waals surface area contributed by atoms with Crippen molar-refractivity contribution >= 4 is 105 Å². The van der Waals surface area contributed by atoms with E-state index in [1.807, 2.05) is 0 Å². The van der Waals surface area contributed by atoms with Crippen molar-refractivity contribution < 1.29 is 0 Å². The molecule has 4 N–H and O–H groups in total. The molecule has 86 heavy (non-hydrogen) atoms. The predicted octanol–water partition coefficient (Wildman–Crippen LogP) is 19.8. The van der Waals surface area contributed by atoms with Crippen LogP contribution in [0.5, 0.6) is 0 Å². The summed E-state index contributed by atoms with van der Waals surface area (Å²) in [6.45, 7) is 0. The maximum Gasteiger partial charge on any atom is 0.0737 e. The second-order valence-electron chi connectivity index (χ2n) is 21.6. The molecule has 0 atom stereocenters. The molecule has 0 fully saturated rings. The zero-order chi connectivity index (χ0) is 56.9. The molecule has 6 aromatic carbocycles. The fourth-order valence-corrected chi connectivity index (χ4v) is 12.4. The molecule has 10 heterocycles. The molecule has 0 saturated carbocycles. The standard InChI is InChI=1S/C78H52N8/c1-7-19-49(20-8-1)73-61-37-33-57(79-61)55(58-34-38-62(80-58)74(50-21-9-2-10-22-50)66-42-46-70(84-66)77(53-27-15-5-16-28-53)69-45-41-65(73)83-69)31-32-56-59-35-39-63(81-59)75(51-23-11-3-12-24-51)67-43-47-71(85-67)78(54-29-17-6-18-30-54)72-48-44-68(86-72)76(52-25-13-4-14-26-52)64-40-36-60(56)82-64/h1-48,79,81,84,86H/b32-31+,57-55?,58-55?,59-56?,60-56?,73-61?,73-65?,74-62?,74-66?,75-63?,75-67?,76-64?,76-68?,77-69?,77-70?,78-71?,78-72?. The number of benzene rings is 6. The first-order chi connectivity index (χ1) is 42.6. The highest BCUT2D eigenvalue weighted by atomic mass is 14.8. The number of hydrogen-bond acceptors (Lipinski definition) is 4. The molecule has 16 rings (SSSR count). The van der Waals surface area contributed by atoms with Crippen molar-refractivity contribution in [2.75, 3.05) is 0 Å². The van der Waals surface area contributed by atoms with Crippen molar-refractivity contribution in [3.63, 3.8) is 0 Å². The lowest BCUT2D eigenvalue weighted by Crippen LogP contribution is -1.90. The molecular formula is C78H52N8. The van der Waals surface area contributed by atoms with E-state index in [0.29, 0.717) is 0 Å². The monoisotopic (exact) mass is 1100 g/mol. The Kier molecular flexibility index (Phi) is 12.3. The van der Waals surface area contributed by atoms with E-state index in [0.717, 1.165) is 168 Å². The zero-order valence-electron chi connectivity index (χ0n) is 46.5. The Hall–Kier alpha value is -11.7. The lowest BCUT2D eigenvalue weighted by atomic mass is 10.0. The van der Waals surface area contributed by atoms with Crippen LogP contribution in [0.2, 0.25) is 0 Å². The Morgan fingerprint density at radius 2 is 0.360 bits per heavy atom. The molecule has 0 saturated heterocycles. The van der Waals surface area contributed by atoms with E-state index in [1.54, 1.807) is 0 Å². The minimum atomic E-state index is 0.798. The van der Waals surface area contributed by atoms with E-state index in [-0.39, 0.29) is 0 Å². The Labute approximate surface area is 496 Å². The summed E-state index contributed by atoms with van der Waals surface area (Å²) in [6, 6.07) is 80.5. The van der Waals surface area contributed by atoms with Crippen molar-refractivity contribution in [3.8, 4) is 66.8 Å². The van der Waals surface area contributed by atoms with Crippen LogP contribution in [0, 0.1) is 0 Å². The van der Waals surface area contributed by atoms with Gasteiger partial charge in [-0.1, -0.05) is 182 Å². The van der Waals surface area contributed by atoms with Crippen LogP contribution >= 0.6 is 0 Å². The SMILES string of the molecule is C1=Cc2nc1c(/C=C/c1c3nc(c(-c4ccccc4)c4ccc([nH]4)c(-c4ccccc4)c4nc(c(-c5ccccc5)c5ccc1[nH]5)C=C4)C=C3)c1ccc([nH]1)c(-c1ccccc1)c1nc(c(-c3ccccc3)c3ccc([nH]3)c2-c2ccccc2)C=C1. The minimum absolute atomic E-state index is 0.798. The van der Waals surface area contributed by atoms with E-state index in [2.05, 4.69) is 311 Å². The highest BCUT2D eigenvalue weighted by Gasteiger charge is 2.21. The number of nitrogens with zero attached hydrogens (tertiary/aromatic N) is 4. The van der Waals surface area contributed by atoms with E-state index in [9.17, 15) is 0 Å². The average molecular weight is 1100 g/mol. The second kappa shape index (κ2) is 21.2. The number of H-pyrrole nitrogens is 4. The lowest BCUT2D eigenvalue weighted by molar-refractivity contribution is 1.30. The molecule has 0 aliphatic carbocycles. The fraction of sp³-hybridized carbons (Fsp3) is 0. The van der Waals surface area contributed by atoms with Gasteiger partial charge >= 0.3 is 0 Å². The predicted molar refractivity (Wildman–Crippen MR) is 359 cm³/mol. The van der Waals surface area contributed by atoms with Crippen LogP contribution in [0.4, 0.5) is 0 Å². The number of rotatable bonds is 8. The van der Waals surface area contributed by atoms with Crippen LogP contribution in [0.1, 0.15) is 56.7 Å². The summed E-state index contributed by atoms with van der Waals surface area (Å²) >= 11 is 0. The van der Waals surface area contributed by atoms with Crippen molar-refractivity contribution in [3.05, 3.63) is 287 Å². The molecule has 8 nitrogen and oxygen atoms in total. The number of nitrogens with one attached hydrogen (secondary N) is 4. The first-order valence-electron chi connectivity index (χ1n) is 28.9. The van der Waals surface area contributed by atoms with Crippen LogP contribution in [-0.2, 0) is 0 Å². The summed E-state index contributed by atoms with van der Waals surface area (Å²) in [4.78, 5) is 37.8. The quantitative estimate of drug-likeness (QED) is 0.121. The van der Waals surface area contributed by atoms with Crippen molar-refractivity contribution in [1.29, 1.82) is 0 Å². The zero-order valence-corrected chi connectivity index (χ0v) is 46.5. The molecule has 404 valence electrons. The van der Waals surface area contributed by atoms with Crippen molar-refractivity contribution in [1.82, 2.24) is 39.9 Å². The molecule has 8 heteroatoms. The Balaban J connectivity index is 0.999. The first kappa shape index (κ1) is 50.0. The first-order valence-corrected chi connectivity index (χ1v) is 28.9. The van der Waals surface area contributed by atoms with Crippen LogP contribution < -0.4 is 0 Å². The highest BCUT2D eigenvalue weighted by Crippen LogP contribution is 2.40. The van der Waals surface area contributed by atoms with Gasteiger partial charge in [-0.3, -0.25) is 0 Å². The third kappa shape index (κ3) is 9.06. The van der Waals surface area contributed by atoms with E-state index in [1.165, 1.54) is 0 Å². The Morgan fingerprint density at radius 3 is 0.581 bits per heavy atom. The van der Waals surface area contributed by atoms with E-state index >= 15 is 0 Å². The molecule has 0 unspecified atom stereocenters. The van der Waals surface area contributed by atoms with Gasteiger partial charge in [0.1, 0.15) is 0 Å². The largest absolute Gasteiger partial charge is 0.354 e. The summed E-state index contributed by atoms with van der Waals surface area (Å²) < 4.78 is 0. The van der Waals surface area contributed by atoms with E-state index < -0.39 is 0 Å². The molecule has 4 aliphatic heterocycles. The second-order valence-corrected chi connectivity index (χ2v) is 21.6. The van der Waals surface area contributed by atoms with E-state index in [4.69, 9.17) is 19.9 Å². The third-order valence-corrected chi connectivity index (χ3v) is 16.4. The summed E-state index contributed by atoms with van der Waals surface area (Å²) in [5.74, 6) is 0. The molecule has 12 aromatic rings. The lowest BCUT2D eigenvalue weighted by Gasteiger charge is -2.06. The normalized spacial score (nSPS) is 12.4. The number of hydrogen-bond donors (Lipinski definition) is 4. The van der Waals surface area contributed by atoms with Gasteiger partial charge in [-0.25, -0.2) is 19.9 Å². The highest BCUT2D eigenvalue weighted by molar-refractivity contribution is 6.02. The smallest absolute Gasteiger partial charge is 0.0737 e. The van der Waals surface area contributed by atoms with Crippen molar-refractivity contribution in [2.24, 2.45) is 0 Å². The Morgan fingerprint density at radius 1 is 0.186 bits per heavy atom. The van der Waals surface area contributed by atoms with Gasteiger partial charge in [-0.15, -0.1) is 0 Å². The van der Waals surface area contributed by atoms with Crippen molar-refractivity contribution in [2.45, 2.75) is 0 Å².